The first-order chi connectivity index (χ1) is 7.13. The van der Waals surface area contributed by atoms with Crippen molar-refractivity contribution in [3.8, 4) is 0 Å². The van der Waals surface area contributed by atoms with E-state index in [-0.39, 0.29) is 24.8 Å². The van der Waals surface area contributed by atoms with E-state index in [9.17, 15) is 9.59 Å². The van der Waals surface area contributed by atoms with Gasteiger partial charge in [-0.05, 0) is 27.7 Å². The number of methoxy groups -OCH3 is 1. The number of carbonyl (C=O) groups excluding carboxylic acids is 2. The molecule has 16 heavy (non-hydrogen) atoms. The fraction of sp³-hybridized carbons (Fsp3) is 0.818. The van der Waals surface area contributed by atoms with Crippen LogP contribution in [0, 0.1) is 5.41 Å². The number of esters is 1. The van der Waals surface area contributed by atoms with E-state index >= 15 is 0 Å². The molecule has 0 aliphatic carbocycles. The van der Waals surface area contributed by atoms with Gasteiger partial charge in [-0.15, -0.1) is 0 Å². The average Bonchev–Trinajstić information content (AvgIpc) is 2.15. The van der Waals surface area contributed by atoms with Gasteiger partial charge in [0.1, 0.15) is 0 Å². The van der Waals surface area contributed by atoms with Crippen LogP contribution in [-0.4, -0.2) is 31.1 Å². The summed E-state index contributed by atoms with van der Waals surface area (Å²) < 4.78 is 4.47. The average molecular weight is 230 g/mol. The van der Waals surface area contributed by atoms with E-state index in [1.54, 1.807) is 27.7 Å². The van der Waals surface area contributed by atoms with E-state index in [4.69, 9.17) is 5.73 Å². The van der Waals surface area contributed by atoms with Crippen LogP contribution in [0.25, 0.3) is 0 Å². The second kappa shape index (κ2) is 5.30. The minimum absolute atomic E-state index is 0.163. The van der Waals surface area contributed by atoms with Gasteiger partial charge in [0.25, 0.3) is 0 Å². The van der Waals surface area contributed by atoms with Crippen LogP contribution in [0.15, 0.2) is 0 Å². The molecule has 94 valence electrons. The predicted octanol–water partition coefficient (Wildman–Crippen LogP) is 0.429. The number of ether oxygens (including phenoxy) is 1. The van der Waals surface area contributed by atoms with E-state index in [1.165, 1.54) is 7.11 Å². The SMILES string of the molecule is COC(=O)CCNC(=O)C(C)(C)C(C)(C)N. The molecule has 0 fully saturated rings. The van der Waals surface area contributed by atoms with Crippen LogP contribution in [0.4, 0.5) is 0 Å². The lowest BCUT2D eigenvalue weighted by Crippen LogP contribution is -2.55. The van der Waals surface area contributed by atoms with Crippen LogP contribution in [0.2, 0.25) is 0 Å². The summed E-state index contributed by atoms with van der Waals surface area (Å²) in [6, 6.07) is 0. The van der Waals surface area contributed by atoms with Gasteiger partial charge in [0, 0.05) is 12.1 Å². The molecule has 5 nitrogen and oxygen atoms in total. The first-order valence-electron chi connectivity index (χ1n) is 5.27. The van der Waals surface area contributed by atoms with Crippen molar-refractivity contribution in [2.24, 2.45) is 11.1 Å². The standard InChI is InChI=1S/C11H22N2O3/c1-10(2,11(3,4)12)9(15)13-7-6-8(14)16-5/h6-7,12H2,1-5H3,(H,13,15). The summed E-state index contributed by atoms with van der Waals surface area (Å²) in [6.45, 7) is 7.42. The van der Waals surface area contributed by atoms with E-state index < -0.39 is 11.0 Å². The van der Waals surface area contributed by atoms with Gasteiger partial charge in [0.05, 0.1) is 18.9 Å². The van der Waals surface area contributed by atoms with Crippen LogP contribution in [0.5, 0.6) is 0 Å². The fourth-order valence-electron chi connectivity index (χ4n) is 0.894. The number of rotatable bonds is 5. The molecule has 0 aromatic rings. The van der Waals surface area contributed by atoms with E-state index in [1.807, 2.05) is 0 Å². The zero-order valence-corrected chi connectivity index (χ0v) is 10.7. The number of hydrogen-bond acceptors (Lipinski definition) is 4. The van der Waals surface area contributed by atoms with Crippen molar-refractivity contribution >= 4 is 11.9 Å². The molecule has 0 aromatic heterocycles. The number of nitrogens with two attached hydrogens (primary N) is 1. The van der Waals surface area contributed by atoms with Crippen molar-refractivity contribution in [3.63, 3.8) is 0 Å². The van der Waals surface area contributed by atoms with Crippen molar-refractivity contribution in [1.82, 2.24) is 5.32 Å². The maximum atomic E-state index is 11.8. The van der Waals surface area contributed by atoms with E-state index in [2.05, 4.69) is 10.1 Å². The Morgan fingerprint density at radius 3 is 2.12 bits per heavy atom. The zero-order chi connectivity index (χ0) is 13.0. The third kappa shape index (κ3) is 3.81. The normalized spacial score (nSPS) is 12.1. The maximum Gasteiger partial charge on any atom is 0.307 e. The van der Waals surface area contributed by atoms with Gasteiger partial charge < -0.3 is 15.8 Å². The smallest absolute Gasteiger partial charge is 0.307 e. The fourth-order valence-corrected chi connectivity index (χ4v) is 0.894. The monoisotopic (exact) mass is 230 g/mol. The molecular formula is C11H22N2O3. The van der Waals surface area contributed by atoms with Crippen LogP contribution in [0.1, 0.15) is 34.1 Å². The molecule has 0 spiro atoms. The molecule has 0 radical (unpaired) electrons. The molecule has 0 saturated heterocycles. The highest BCUT2D eigenvalue weighted by atomic mass is 16.5. The predicted molar refractivity (Wildman–Crippen MR) is 61.7 cm³/mol. The van der Waals surface area contributed by atoms with Crippen molar-refractivity contribution < 1.29 is 14.3 Å². The quantitative estimate of drug-likeness (QED) is 0.671. The van der Waals surface area contributed by atoms with Gasteiger partial charge in [0.2, 0.25) is 5.91 Å². The lowest BCUT2D eigenvalue weighted by molar-refractivity contribution is -0.140. The Balaban J connectivity index is 4.22. The highest BCUT2D eigenvalue weighted by Gasteiger charge is 2.40. The Morgan fingerprint density at radius 2 is 1.75 bits per heavy atom. The largest absolute Gasteiger partial charge is 0.469 e. The summed E-state index contributed by atoms with van der Waals surface area (Å²) in [5.41, 5.74) is 4.61. The minimum atomic E-state index is -0.691. The van der Waals surface area contributed by atoms with E-state index in [0.717, 1.165) is 0 Å². The molecule has 0 heterocycles. The molecular weight excluding hydrogens is 208 g/mol. The molecule has 1 amide bonds. The van der Waals surface area contributed by atoms with Gasteiger partial charge in [-0.1, -0.05) is 0 Å². The summed E-state index contributed by atoms with van der Waals surface area (Å²) in [4.78, 5) is 22.7. The second-order valence-corrected chi connectivity index (χ2v) is 4.93. The molecule has 0 atom stereocenters. The van der Waals surface area contributed by atoms with Crippen LogP contribution in [-0.2, 0) is 14.3 Å². The third-order valence-corrected chi connectivity index (χ3v) is 3.02. The number of carbonyl (C=O) groups is 2. The summed E-state index contributed by atoms with van der Waals surface area (Å²) in [6.07, 6.45) is 0.170. The number of nitrogens with one attached hydrogen (secondary N) is 1. The molecule has 0 bridgehead atoms. The first kappa shape index (κ1) is 14.9. The highest BCUT2D eigenvalue weighted by molar-refractivity contribution is 5.83. The van der Waals surface area contributed by atoms with Gasteiger partial charge in [0.15, 0.2) is 0 Å². The number of amides is 1. The molecule has 0 rings (SSSR count). The third-order valence-electron chi connectivity index (χ3n) is 3.02. The molecule has 0 saturated carbocycles. The second-order valence-electron chi connectivity index (χ2n) is 4.93. The van der Waals surface area contributed by atoms with E-state index in [0.29, 0.717) is 0 Å². The van der Waals surface area contributed by atoms with Gasteiger partial charge in [-0.2, -0.15) is 0 Å². The van der Waals surface area contributed by atoms with Gasteiger partial charge in [-0.25, -0.2) is 0 Å². The Bertz CT molecular complexity index is 267. The Morgan fingerprint density at radius 1 is 1.25 bits per heavy atom. The summed E-state index contributed by atoms with van der Waals surface area (Å²) >= 11 is 0. The Kier molecular flexibility index (Phi) is 4.93. The Labute approximate surface area is 96.7 Å². The maximum absolute atomic E-state index is 11.8. The van der Waals surface area contributed by atoms with Gasteiger partial charge >= 0.3 is 5.97 Å². The Hall–Kier alpha value is -1.10. The zero-order valence-electron chi connectivity index (χ0n) is 10.7. The van der Waals surface area contributed by atoms with Crippen LogP contribution >= 0.6 is 0 Å². The lowest BCUT2D eigenvalue weighted by atomic mass is 9.74. The molecule has 0 aromatic carbocycles. The highest BCUT2D eigenvalue weighted by Crippen LogP contribution is 2.28. The molecule has 0 aliphatic rings. The molecule has 5 heteroatoms. The van der Waals surface area contributed by atoms with Crippen LogP contribution < -0.4 is 11.1 Å². The minimum Gasteiger partial charge on any atom is -0.469 e. The van der Waals surface area contributed by atoms with Crippen LogP contribution in [0.3, 0.4) is 0 Å². The number of hydrogen-bond donors (Lipinski definition) is 2. The van der Waals surface area contributed by atoms with Crippen molar-refractivity contribution in [2.75, 3.05) is 13.7 Å². The molecule has 3 N–H and O–H groups in total. The topological polar surface area (TPSA) is 81.4 Å². The summed E-state index contributed by atoms with van der Waals surface area (Å²) in [7, 11) is 1.32. The van der Waals surface area contributed by atoms with Gasteiger partial charge in [-0.3, -0.25) is 9.59 Å². The van der Waals surface area contributed by atoms with Crippen molar-refractivity contribution in [1.29, 1.82) is 0 Å². The summed E-state index contributed by atoms with van der Waals surface area (Å²) in [5, 5.41) is 2.67. The summed E-state index contributed by atoms with van der Waals surface area (Å²) in [5.74, 6) is -0.506. The molecule has 0 aliphatic heterocycles. The van der Waals surface area contributed by atoms with Crippen molar-refractivity contribution in [3.05, 3.63) is 0 Å². The molecule has 0 unspecified atom stereocenters. The first-order valence-corrected chi connectivity index (χ1v) is 5.27. The lowest BCUT2D eigenvalue weighted by Gasteiger charge is -2.36. The van der Waals surface area contributed by atoms with Crippen molar-refractivity contribution in [2.45, 2.75) is 39.7 Å².